The predicted octanol–water partition coefficient (Wildman–Crippen LogP) is 3.85. The second-order valence-corrected chi connectivity index (χ2v) is 4.16. The molecule has 1 rings (SSSR count). The number of hydrogen-bond donors (Lipinski definition) is 0. The smallest absolute Gasteiger partial charge is 0.308 e. The molecule has 0 saturated carbocycles. The summed E-state index contributed by atoms with van der Waals surface area (Å²) in [6.45, 7) is 4.54. The molecule has 1 aromatic carbocycles. The summed E-state index contributed by atoms with van der Waals surface area (Å²) in [7, 11) is 0. The Kier molecular flexibility index (Phi) is 7.11. The molecule has 0 bridgehead atoms. The lowest BCUT2D eigenvalue weighted by molar-refractivity contribution is -0.181. The Morgan fingerprint density at radius 2 is 1.89 bits per heavy atom. The van der Waals surface area contributed by atoms with Crippen LogP contribution < -0.4 is 0 Å². The van der Waals surface area contributed by atoms with Gasteiger partial charge in [-0.15, -0.1) is 0 Å². The van der Waals surface area contributed by atoms with Crippen molar-refractivity contribution < 1.29 is 14.3 Å². The molecule has 0 fully saturated rings. The standard InChI is InChI=1S/C15H22O3/c1-3-5-9-12-17-15(18-14(16)4-2)13-10-7-6-8-11-13/h6-8,10-11,15H,3-5,9,12H2,1-2H3. The molecule has 1 unspecified atom stereocenters. The quantitative estimate of drug-likeness (QED) is 0.399. The summed E-state index contributed by atoms with van der Waals surface area (Å²) in [6, 6.07) is 9.58. The Hall–Kier alpha value is -1.35. The first-order valence-corrected chi connectivity index (χ1v) is 6.64. The topological polar surface area (TPSA) is 35.5 Å². The summed E-state index contributed by atoms with van der Waals surface area (Å²) in [4.78, 5) is 11.4. The van der Waals surface area contributed by atoms with Gasteiger partial charge in [0, 0.05) is 12.0 Å². The number of unbranched alkanes of at least 4 members (excludes halogenated alkanes) is 2. The van der Waals surface area contributed by atoms with Crippen LogP contribution in [0, 0.1) is 0 Å². The van der Waals surface area contributed by atoms with Crippen LogP contribution in [0.1, 0.15) is 51.4 Å². The summed E-state index contributed by atoms with van der Waals surface area (Å²) in [6.07, 6.45) is 3.05. The highest BCUT2D eigenvalue weighted by atomic mass is 16.7. The average molecular weight is 250 g/mol. The van der Waals surface area contributed by atoms with Crippen molar-refractivity contribution in [2.45, 2.75) is 45.8 Å². The second-order valence-electron chi connectivity index (χ2n) is 4.16. The van der Waals surface area contributed by atoms with Crippen LogP contribution in [-0.2, 0) is 14.3 Å². The van der Waals surface area contributed by atoms with E-state index in [1.165, 1.54) is 0 Å². The van der Waals surface area contributed by atoms with Crippen LogP contribution in [0.15, 0.2) is 30.3 Å². The second kappa shape index (κ2) is 8.70. The van der Waals surface area contributed by atoms with E-state index in [0.29, 0.717) is 13.0 Å². The van der Waals surface area contributed by atoms with Crippen molar-refractivity contribution in [3.63, 3.8) is 0 Å². The third-order valence-electron chi connectivity index (χ3n) is 2.62. The normalized spacial score (nSPS) is 12.1. The number of esters is 1. The van der Waals surface area contributed by atoms with Crippen LogP contribution in [0.3, 0.4) is 0 Å². The molecule has 0 N–H and O–H groups in total. The molecule has 100 valence electrons. The van der Waals surface area contributed by atoms with E-state index < -0.39 is 6.29 Å². The Balaban J connectivity index is 2.55. The first-order chi connectivity index (χ1) is 8.77. The predicted molar refractivity (Wildman–Crippen MR) is 71.0 cm³/mol. The van der Waals surface area contributed by atoms with Crippen molar-refractivity contribution in [1.82, 2.24) is 0 Å². The molecule has 0 aliphatic carbocycles. The summed E-state index contributed by atoms with van der Waals surface area (Å²) in [5.41, 5.74) is 0.885. The van der Waals surface area contributed by atoms with Gasteiger partial charge in [0.25, 0.3) is 0 Å². The van der Waals surface area contributed by atoms with Gasteiger partial charge in [0.05, 0.1) is 6.61 Å². The summed E-state index contributed by atoms with van der Waals surface area (Å²) in [5, 5.41) is 0. The van der Waals surface area contributed by atoms with E-state index in [2.05, 4.69) is 6.92 Å². The zero-order chi connectivity index (χ0) is 13.2. The molecule has 3 heteroatoms. The first-order valence-electron chi connectivity index (χ1n) is 6.64. The third kappa shape index (κ3) is 5.32. The monoisotopic (exact) mass is 250 g/mol. The van der Waals surface area contributed by atoms with Crippen LogP contribution in [0.2, 0.25) is 0 Å². The van der Waals surface area contributed by atoms with Gasteiger partial charge in [0.2, 0.25) is 6.29 Å². The van der Waals surface area contributed by atoms with Gasteiger partial charge in [-0.2, -0.15) is 0 Å². The van der Waals surface area contributed by atoms with Gasteiger partial charge >= 0.3 is 5.97 Å². The minimum atomic E-state index is -0.574. The average Bonchev–Trinajstić information content (AvgIpc) is 2.43. The van der Waals surface area contributed by atoms with E-state index >= 15 is 0 Å². The highest BCUT2D eigenvalue weighted by molar-refractivity contribution is 5.69. The SMILES string of the molecule is CCCCCOC(OC(=O)CC)c1ccccc1. The molecule has 0 radical (unpaired) electrons. The van der Waals surface area contributed by atoms with Gasteiger partial charge in [-0.1, -0.05) is 57.0 Å². The van der Waals surface area contributed by atoms with Crippen molar-refractivity contribution >= 4 is 5.97 Å². The molecule has 0 heterocycles. The van der Waals surface area contributed by atoms with Crippen LogP contribution in [0.4, 0.5) is 0 Å². The molecule has 0 aromatic heterocycles. The van der Waals surface area contributed by atoms with Gasteiger partial charge in [0.1, 0.15) is 0 Å². The molecule has 0 aliphatic rings. The summed E-state index contributed by atoms with van der Waals surface area (Å²) < 4.78 is 11.0. The largest absolute Gasteiger partial charge is 0.431 e. The summed E-state index contributed by atoms with van der Waals surface area (Å²) >= 11 is 0. The third-order valence-corrected chi connectivity index (χ3v) is 2.62. The lowest BCUT2D eigenvalue weighted by atomic mass is 10.2. The van der Waals surface area contributed by atoms with Gasteiger partial charge in [-0.25, -0.2) is 0 Å². The fourth-order valence-corrected chi connectivity index (χ4v) is 1.55. The van der Waals surface area contributed by atoms with Crippen molar-refractivity contribution in [2.75, 3.05) is 6.61 Å². The first kappa shape index (κ1) is 14.7. The number of benzene rings is 1. The van der Waals surface area contributed by atoms with E-state index in [9.17, 15) is 4.79 Å². The van der Waals surface area contributed by atoms with Crippen molar-refractivity contribution in [3.8, 4) is 0 Å². The molecule has 0 aliphatic heterocycles. The van der Waals surface area contributed by atoms with Crippen LogP contribution in [0.5, 0.6) is 0 Å². The Morgan fingerprint density at radius 3 is 2.50 bits per heavy atom. The Labute approximate surface area is 109 Å². The number of carbonyl (C=O) groups excluding carboxylic acids is 1. The maximum Gasteiger partial charge on any atom is 0.308 e. The molecule has 0 spiro atoms. The molecule has 3 nitrogen and oxygen atoms in total. The van der Waals surface area contributed by atoms with Gasteiger partial charge in [0.15, 0.2) is 0 Å². The van der Waals surface area contributed by atoms with Gasteiger partial charge in [-0.3, -0.25) is 4.79 Å². The molecule has 0 amide bonds. The van der Waals surface area contributed by atoms with Gasteiger partial charge in [-0.05, 0) is 6.42 Å². The Bertz CT molecular complexity index is 335. The number of rotatable bonds is 8. The minimum Gasteiger partial charge on any atom is -0.431 e. The maximum absolute atomic E-state index is 11.4. The molecule has 1 atom stereocenters. The van der Waals surface area contributed by atoms with E-state index in [1.54, 1.807) is 6.92 Å². The lowest BCUT2D eigenvalue weighted by Crippen LogP contribution is -2.14. The van der Waals surface area contributed by atoms with E-state index in [-0.39, 0.29) is 5.97 Å². The van der Waals surface area contributed by atoms with Crippen LogP contribution in [0.25, 0.3) is 0 Å². The zero-order valence-electron chi connectivity index (χ0n) is 11.2. The molecule has 18 heavy (non-hydrogen) atoms. The number of carbonyl (C=O) groups is 1. The van der Waals surface area contributed by atoms with Gasteiger partial charge < -0.3 is 9.47 Å². The van der Waals surface area contributed by atoms with E-state index in [0.717, 1.165) is 24.8 Å². The van der Waals surface area contributed by atoms with Crippen molar-refractivity contribution in [2.24, 2.45) is 0 Å². The molecule has 0 saturated heterocycles. The highest BCUT2D eigenvalue weighted by Gasteiger charge is 2.15. The molecule has 1 aromatic rings. The van der Waals surface area contributed by atoms with Crippen molar-refractivity contribution in [3.05, 3.63) is 35.9 Å². The van der Waals surface area contributed by atoms with E-state index in [1.807, 2.05) is 30.3 Å². The van der Waals surface area contributed by atoms with Crippen molar-refractivity contribution in [1.29, 1.82) is 0 Å². The lowest BCUT2D eigenvalue weighted by Gasteiger charge is -2.18. The van der Waals surface area contributed by atoms with Crippen LogP contribution >= 0.6 is 0 Å². The molecular weight excluding hydrogens is 228 g/mol. The fourth-order valence-electron chi connectivity index (χ4n) is 1.55. The van der Waals surface area contributed by atoms with Crippen LogP contribution in [-0.4, -0.2) is 12.6 Å². The van der Waals surface area contributed by atoms with E-state index in [4.69, 9.17) is 9.47 Å². The zero-order valence-corrected chi connectivity index (χ0v) is 11.2. The minimum absolute atomic E-state index is 0.237. The summed E-state index contributed by atoms with van der Waals surface area (Å²) in [5.74, 6) is -0.237. The Morgan fingerprint density at radius 1 is 1.17 bits per heavy atom. The molecular formula is C15H22O3. The highest BCUT2D eigenvalue weighted by Crippen LogP contribution is 2.19. The number of hydrogen-bond acceptors (Lipinski definition) is 3. The fraction of sp³-hybridized carbons (Fsp3) is 0.533. The number of ether oxygens (including phenoxy) is 2. The maximum atomic E-state index is 11.4.